The lowest BCUT2D eigenvalue weighted by Gasteiger charge is -2.27. The van der Waals surface area contributed by atoms with Crippen molar-refractivity contribution in [1.29, 1.82) is 0 Å². The first-order valence-corrected chi connectivity index (χ1v) is 3.37. The summed E-state index contributed by atoms with van der Waals surface area (Å²) in [6.45, 7) is 6.12. The topological polar surface area (TPSA) is 21.6 Å². The molecule has 2 heteroatoms. The Hall–Kier alpha value is -0.530. The molecule has 1 aliphatic rings. The summed E-state index contributed by atoms with van der Waals surface area (Å²) in [7, 11) is 0. The number of hydrogen-bond donors (Lipinski definition) is 0. The molecule has 1 heterocycles. The zero-order valence-electron chi connectivity index (χ0n) is 6.05. The smallest absolute Gasteiger partial charge is 0.169 e. The summed E-state index contributed by atoms with van der Waals surface area (Å²) >= 11 is 0. The number of ether oxygens (including phenoxy) is 1. The van der Waals surface area contributed by atoms with Gasteiger partial charge in [-0.2, -0.15) is 0 Å². The third kappa shape index (κ3) is 1.44. The molecule has 0 spiro atoms. The fourth-order valence-corrected chi connectivity index (χ4v) is 0.808. The molecule has 0 bridgehead atoms. The van der Waals surface area contributed by atoms with E-state index in [4.69, 9.17) is 4.74 Å². The highest BCUT2D eigenvalue weighted by Crippen LogP contribution is 2.23. The highest BCUT2D eigenvalue weighted by Gasteiger charge is 2.23. The van der Waals surface area contributed by atoms with E-state index in [9.17, 15) is 0 Å². The molecule has 0 radical (unpaired) electrons. The van der Waals surface area contributed by atoms with Crippen LogP contribution in [0.2, 0.25) is 0 Å². The molecule has 1 rings (SSSR count). The summed E-state index contributed by atoms with van der Waals surface area (Å²) in [5.41, 5.74) is 0.300. The average molecular weight is 127 g/mol. The largest absolute Gasteiger partial charge is 0.483 e. The molecular formula is C7H13NO. The molecule has 0 aromatic carbocycles. The van der Waals surface area contributed by atoms with Crippen molar-refractivity contribution in [3.05, 3.63) is 0 Å². The summed E-state index contributed by atoms with van der Waals surface area (Å²) in [6.07, 6.45) is 2.70. The Morgan fingerprint density at radius 2 is 2.56 bits per heavy atom. The second-order valence-corrected chi connectivity index (χ2v) is 2.92. The molecule has 9 heavy (non-hydrogen) atoms. The molecule has 0 saturated heterocycles. The van der Waals surface area contributed by atoms with Gasteiger partial charge in [-0.3, -0.25) is 4.99 Å². The van der Waals surface area contributed by atoms with Crippen molar-refractivity contribution in [2.24, 2.45) is 10.4 Å². The lowest BCUT2D eigenvalue weighted by atomic mass is 9.88. The zero-order chi connectivity index (χ0) is 6.74. The summed E-state index contributed by atoms with van der Waals surface area (Å²) in [4.78, 5) is 4.05. The standard InChI is InChI=1S/C7H13NO/c1-3-7(2)4-8-6-9-5-7/h6H,3-5H2,1-2H3. The SMILES string of the molecule is CCC1(C)CN=COC1. The van der Waals surface area contributed by atoms with Crippen LogP contribution < -0.4 is 0 Å². The van der Waals surface area contributed by atoms with Crippen LogP contribution in [0.1, 0.15) is 20.3 Å². The molecule has 0 fully saturated rings. The first kappa shape index (κ1) is 6.59. The molecule has 0 amide bonds. The van der Waals surface area contributed by atoms with Crippen LogP contribution in [0.15, 0.2) is 4.99 Å². The Kier molecular flexibility index (Phi) is 1.74. The van der Waals surface area contributed by atoms with Crippen LogP contribution in [0, 0.1) is 5.41 Å². The van der Waals surface area contributed by atoms with Crippen LogP contribution in [0.4, 0.5) is 0 Å². The third-order valence-corrected chi connectivity index (χ3v) is 1.91. The van der Waals surface area contributed by atoms with Gasteiger partial charge in [0.25, 0.3) is 0 Å². The van der Waals surface area contributed by atoms with E-state index in [1.807, 2.05) is 0 Å². The summed E-state index contributed by atoms with van der Waals surface area (Å²) in [5, 5.41) is 0. The van der Waals surface area contributed by atoms with E-state index in [-0.39, 0.29) is 0 Å². The maximum atomic E-state index is 5.08. The van der Waals surface area contributed by atoms with Gasteiger partial charge >= 0.3 is 0 Å². The number of aliphatic imine (C=N–C) groups is 1. The van der Waals surface area contributed by atoms with Gasteiger partial charge in [-0.25, -0.2) is 0 Å². The van der Waals surface area contributed by atoms with Crippen LogP contribution in [0.3, 0.4) is 0 Å². The van der Waals surface area contributed by atoms with E-state index in [2.05, 4.69) is 18.8 Å². The van der Waals surface area contributed by atoms with Crippen molar-refractivity contribution >= 4 is 6.40 Å². The van der Waals surface area contributed by atoms with Crippen LogP contribution in [-0.4, -0.2) is 19.6 Å². The Bertz CT molecular complexity index is 122. The van der Waals surface area contributed by atoms with Gasteiger partial charge in [0.2, 0.25) is 0 Å². The van der Waals surface area contributed by atoms with E-state index < -0.39 is 0 Å². The van der Waals surface area contributed by atoms with Crippen molar-refractivity contribution in [2.75, 3.05) is 13.2 Å². The third-order valence-electron chi connectivity index (χ3n) is 1.91. The van der Waals surface area contributed by atoms with Gasteiger partial charge < -0.3 is 4.74 Å². The van der Waals surface area contributed by atoms with Gasteiger partial charge in [0.1, 0.15) is 0 Å². The highest BCUT2D eigenvalue weighted by atomic mass is 16.5. The van der Waals surface area contributed by atoms with Crippen LogP contribution >= 0.6 is 0 Å². The highest BCUT2D eigenvalue weighted by molar-refractivity contribution is 5.47. The predicted octanol–water partition coefficient (Wildman–Crippen LogP) is 1.46. The Morgan fingerprint density at radius 3 is 2.89 bits per heavy atom. The van der Waals surface area contributed by atoms with Gasteiger partial charge in [-0.15, -0.1) is 0 Å². The molecule has 0 aromatic heterocycles. The Morgan fingerprint density at radius 1 is 1.78 bits per heavy atom. The van der Waals surface area contributed by atoms with E-state index in [1.54, 1.807) is 6.40 Å². The normalized spacial score (nSPS) is 34.0. The number of nitrogens with zero attached hydrogens (tertiary/aromatic N) is 1. The molecule has 2 nitrogen and oxygen atoms in total. The quantitative estimate of drug-likeness (QED) is 0.522. The van der Waals surface area contributed by atoms with Gasteiger partial charge in [-0.05, 0) is 6.42 Å². The Labute approximate surface area is 55.9 Å². The maximum Gasteiger partial charge on any atom is 0.169 e. The summed E-state index contributed by atoms with van der Waals surface area (Å²) in [5.74, 6) is 0. The van der Waals surface area contributed by atoms with Crippen molar-refractivity contribution in [3.8, 4) is 0 Å². The van der Waals surface area contributed by atoms with Gasteiger partial charge in [0.15, 0.2) is 6.40 Å². The van der Waals surface area contributed by atoms with E-state index in [0.717, 1.165) is 19.6 Å². The van der Waals surface area contributed by atoms with Crippen LogP contribution in [0.5, 0.6) is 0 Å². The van der Waals surface area contributed by atoms with Gasteiger partial charge in [0.05, 0.1) is 13.2 Å². The first-order valence-electron chi connectivity index (χ1n) is 3.37. The van der Waals surface area contributed by atoms with E-state index in [1.165, 1.54) is 0 Å². The van der Waals surface area contributed by atoms with Gasteiger partial charge in [0, 0.05) is 5.41 Å². The van der Waals surface area contributed by atoms with Gasteiger partial charge in [-0.1, -0.05) is 13.8 Å². The lowest BCUT2D eigenvalue weighted by Crippen LogP contribution is -2.28. The summed E-state index contributed by atoms with van der Waals surface area (Å²) in [6, 6.07) is 0. The zero-order valence-corrected chi connectivity index (χ0v) is 6.05. The second kappa shape index (κ2) is 2.38. The summed E-state index contributed by atoms with van der Waals surface area (Å²) < 4.78 is 5.08. The second-order valence-electron chi connectivity index (χ2n) is 2.92. The molecule has 52 valence electrons. The fraction of sp³-hybridized carbons (Fsp3) is 0.857. The lowest BCUT2D eigenvalue weighted by molar-refractivity contribution is 0.144. The average Bonchev–Trinajstić information content (AvgIpc) is 1.90. The predicted molar refractivity (Wildman–Crippen MR) is 37.7 cm³/mol. The van der Waals surface area contributed by atoms with Crippen LogP contribution in [-0.2, 0) is 4.74 Å². The van der Waals surface area contributed by atoms with Crippen LogP contribution in [0.25, 0.3) is 0 Å². The Balaban J connectivity index is 2.50. The molecule has 0 aromatic rings. The molecular weight excluding hydrogens is 114 g/mol. The monoisotopic (exact) mass is 127 g/mol. The number of rotatable bonds is 1. The minimum atomic E-state index is 0.300. The number of hydrogen-bond acceptors (Lipinski definition) is 2. The van der Waals surface area contributed by atoms with Crippen molar-refractivity contribution in [1.82, 2.24) is 0 Å². The molecule has 1 aliphatic heterocycles. The van der Waals surface area contributed by atoms with E-state index >= 15 is 0 Å². The van der Waals surface area contributed by atoms with Crippen molar-refractivity contribution < 1.29 is 4.74 Å². The molecule has 0 saturated carbocycles. The molecule has 1 atom stereocenters. The molecule has 0 aliphatic carbocycles. The fourth-order valence-electron chi connectivity index (χ4n) is 0.808. The molecule has 0 N–H and O–H groups in total. The first-order chi connectivity index (χ1) is 4.27. The van der Waals surface area contributed by atoms with Crippen molar-refractivity contribution in [3.63, 3.8) is 0 Å². The maximum absolute atomic E-state index is 5.08. The molecule has 1 unspecified atom stereocenters. The van der Waals surface area contributed by atoms with Crippen molar-refractivity contribution in [2.45, 2.75) is 20.3 Å². The minimum absolute atomic E-state index is 0.300. The minimum Gasteiger partial charge on any atom is -0.483 e. The van der Waals surface area contributed by atoms with E-state index in [0.29, 0.717) is 5.41 Å².